The number of ether oxygens (including phenoxy) is 1. The van der Waals surface area contributed by atoms with Gasteiger partial charge in [0.2, 0.25) is 0 Å². The molecule has 0 radical (unpaired) electrons. The van der Waals surface area contributed by atoms with E-state index in [1.807, 2.05) is 6.07 Å². The second-order valence-corrected chi connectivity index (χ2v) is 6.74. The number of fused-ring (bicyclic) bond motifs is 1. The fourth-order valence-corrected chi connectivity index (χ4v) is 3.11. The van der Waals surface area contributed by atoms with Crippen molar-refractivity contribution in [2.75, 3.05) is 0 Å². The van der Waals surface area contributed by atoms with Gasteiger partial charge in [-0.1, -0.05) is 30.3 Å². The summed E-state index contributed by atoms with van der Waals surface area (Å²) in [6, 6.07) is 9.66. The lowest BCUT2D eigenvalue weighted by atomic mass is 10.1. The number of aromatic nitrogens is 4. The number of halogens is 2. The number of nitriles is 1. The summed E-state index contributed by atoms with van der Waals surface area (Å²) in [5.74, 6) is -0.691. The fourth-order valence-electron chi connectivity index (χ4n) is 2.93. The number of aromatic amines is 1. The molecule has 2 aromatic carbocycles. The van der Waals surface area contributed by atoms with E-state index in [0.29, 0.717) is 11.1 Å². The first-order valence-electron chi connectivity index (χ1n) is 8.71. The van der Waals surface area contributed by atoms with Gasteiger partial charge in [-0.25, -0.2) is 14.4 Å². The summed E-state index contributed by atoms with van der Waals surface area (Å²) >= 11 is 6.15. The van der Waals surface area contributed by atoms with Crippen LogP contribution in [-0.2, 0) is 6.54 Å². The molecule has 7 nitrogen and oxygen atoms in total. The maximum Gasteiger partial charge on any atom is 0.279 e. The summed E-state index contributed by atoms with van der Waals surface area (Å²) in [6.45, 7) is 3.58. The van der Waals surface area contributed by atoms with E-state index in [2.05, 4.69) is 21.5 Å². The molecular weight excluding hydrogens is 409 g/mol. The van der Waals surface area contributed by atoms with Crippen molar-refractivity contribution < 1.29 is 9.13 Å². The highest BCUT2D eigenvalue weighted by atomic mass is 35.5. The molecule has 9 heteroatoms. The third-order valence-corrected chi connectivity index (χ3v) is 4.69. The molecule has 0 unspecified atom stereocenters. The van der Waals surface area contributed by atoms with Gasteiger partial charge in [0.25, 0.3) is 5.56 Å². The average molecular weight is 422 g/mol. The lowest BCUT2D eigenvalue weighted by molar-refractivity contribution is 0.437. The minimum Gasteiger partial charge on any atom is -0.453 e. The first kappa shape index (κ1) is 19.4. The average Bonchev–Trinajstić information content (AvgIpc) is 3.24. The Morgan fingerprint density at radius 3 is 2.93 bits per heavy atom. The Labute approximate surface area is 174 Å². The SMILES string of the molecule is C=Cc1cc(C#N)cc(Oc2c(Cl)ccc(Cn3cnc4nc[nH]c4c3=O)c2F)c1. The zero-order valence-corrected chi connectivity index (χ0v) is 16.2. The number of H-pyrrole nitrogens is 1. The molecular formula is C21H13ClFN5O2. The number of nitrogens with zero attached hydrogens (tertiary/aromatic N) is 4. The lowest BCUT2D eigenvalue weighted by Crippen LogP contribution is -2.21. The number of rotatable bonds is 5. The van der Waals surface area contributed by atoms with Gasteiger partial charge in [-0.3, -0.25) is 9.36 Å². The van der Waals surface area contributed by atoms with Crippen molar-refractivity contribution in [3.05, 3.63) is 87.4 Å². The topological polar surface area (TPSA) is 96.6 Å². The largest absolute Gasteiger partial charge is 0.453 e. The summed E-state index contributed by atoms with van der Waals surface area (Å²) in [6.07, 6.45) is 4.21. The first-order chi connectivity index (χ1) is 14.5. The second kappa shape index (κ2) is 7.81. The number of benzene rings is 2. The monoisotopic (exact) mass is 421 g/mol. The van der Waals surface area contributed by atoms with Gasteiger partial charge in [0.05, 0.1) is 29.5 Å². The van der Waals surface area contributed by atoms with Crippen LogP contribution in [-0.4, -0.2) is 19.5 Å². The van der Waals surface area contributed by atoms with Crippen LogP contribution in [0.5, 0.6) is 11.5 Å². The number of hydrogen-bond donors (Lipinski definition) is 1. The van der Waals surface area contributed by atoms with E-state index in [4.69, 9.17) is 21.6 Å². The molecule has 30 heavy (non-hydrogen) atoms. The maximum absolute atomic E-state index is 15.2. The highest BCUT2D eigenvalue weighted by Gasteiger charge is 2.17. The van der Waals surface area contributed by atoms with Gasteiger partial charge < -0.3 is 9.72 Å². The number of hydrogen-bond acceptors (Lipinski definition) is 5. The van der Waals surface area contributed by atoms with Crippen LogP contribution < -0.4 is 10.3 Å². The van der Waals surface area contributed by atoms with Crippen molar-refractivity contribution >= 4 is 28.8 Å². The Hall–Kier alpha value is -3.96. The van der Waals surface area contributed by atoms with Crippen molar-refractivity contribution in [2.45, 2.75) is 6.54 Å². The van der Waals surface area contributed by atoms with Gasteiger partial charge in [-0.15, -0.1) is 0 Å². The van der Waals surface area contributed by atoms with Gasteiger partial charge in [0, 0.05) is 5.56 Å². The van der Waals surface area contributed by atoms with Crippen molar-refractivity contribution in [3.8, 4) is 17.6 Å². The molecule has 0 fully saturated rings. The van der Waals surface area contributed by atoms with Gasteiger partial charge in [0.1, 0.15) is 12.1 Å². The molecule has 0 amide bonds. The van der Waals surface area contributed by atoms with Gasteiger partial charge in [-0.2, -0.15) is 5.26 Å². The summed E-state index contributed by atoms with van der Waals surface area (Å²) in [5.41, 5.74) is 1.29. The quantitative estimate of drug-likeness (QED) is 0.519. The molecule has 0 bridgehead atoms. The summed E-state index contributed by atoms with van der Waals surface area (Å²) in [5, 5.41) is 9.22. The van der Waals surface area contributed by atoms with Crippen LogP contribution in [0.1, 0.15) is 16.7 Å². The van der Waals surface area contributed by atoms with Crippen molar-refractivity contribution in [2.24, 2.45) is 0 Å². The highest BCUT2D eigenvalue weighted by molar-refractivity contribution is 6.32. The standard InChI is InChI=1S/C21H13ClFN5O2/c1-2-12-5-13(8-24)7-15(6-12)30-19-16(22)4-3-14(17(19)23)9-28-11-27-20-18(21(28)29)25-10-26-20/h2-7,10-11H,1,9H2,(H,25,26). The third kappa shape index (κ3) is 3.54. The van der Waals surface area contributed by atoms with Crippen LogP contribution >= 0.6 is 11.6 Å². The van der Waals surface area contributed by atoms with Crippen LogP contribution in [0, 0.1) is 17.1 Å². The Morgan fingerprint density at radius 2 is 2.17 bits per heavy atom. The summed E-state index contributed by atoms with van der Waals surface area (Å²) in [7, 11) is 0. The van der Waals surface area contributed by atoms with Gasteiger partial charge in [0.15, 0.2) is 22.7 Å². The molecule has 0 atom stereocenters. The maximum atomic E-state index is 15.2. The molecule has 4 aromatic rings. The molecule has 1 N–H and O–H groups in total. The Kier molecular flexibility index (Phi) is 5.04. The van der Waals surface area contributed by atoms with Crippen molar-refractivity contribution in [1.82, 2.24) is 19.5 Å². The molecule has 2 heterocycles. The molecule has 0 spiro atoms. The highest BCUT2D eigenvalue weighted by Crippen LogP contribution is 2.35. The molecule has 0 aliphatic carbocycles. The molecule has 0 saturated heterocycles. The molecule has 2 aromatic heterocycles. The molecule has 0 saturated carbocycles. The predicted octanol–water partition coefficient (Wildman–Crippen LogP) is 4.27. The smallest absolute Gasteiger partial charge is 0.279 e. The second-order valence-electron chi connectivity index (χ2n) is 6.34. The zero-order chi connectivity index (χ0) is 21.3. The Morgan fingerprint density at radius 1 is 1.33 bits per heavy atom. The molecule has 4 rings (SSSR count). The third-order valence-electron chi connectivity index (χ3n) is 4.40. The number of nitrogens with one attached hydrogen (secondary N) is 1. The van der Waals surface area contributed by atoms with E-state index in [1.54, 1.807) is 18.2 Å². The Bertz CT molecular complexity index is 1390. The zero-order valence-electron chi connectivity index (χ0n) is 15.4. The van der Waals surface area contributed by atoms with Crippen molar-refractivity contribution in [3.63, 3.8) is 0 Å². The molecule has 0 aliphatic heterocycles. The number of imidazole rings is 1. The normalized spacial score (nSPS) is 10.7. The van der Waals surface area contributed by atoms with Crippen LogP contribution in [0.4, 0.5) is 4.39 Å². The van der Waals surface area contributed by atoms with E-state index in [1.165, 1.54) is 35.4 Å². The van der Waals surface area contributed by atoms with Gasteiger partial charge >= 0.3 is 0 Å². The van der Waals surface area contributed by atoms with E-state index in [0.717, 1.165) is 0 Å². The fraction of sp³-hybridized carbons (Fsp3) is 0.0476. The predicted molar refractivity (Wildman–Crippen MR) is 110 cm³/mol. The summed E-state index contributed by atoms with van der Waals surface area (Å²) < 4.78 is 22.1. The van der Waals surface area contributed by atoms with Crippen LogP contribution in [0.25, 0.3) is 17.2 Å². The van der Waals surface area contributed by atoms with Crippen LogP contribution in [0.2, 0.25) is 5.02 Å². The molecule has 0 aliphatic rings. The van der Waals surface area contributed by atoms with Gasteiger partial charge in [-0.05, 0) is 29.8 Å². The van der Waals surface area contributed by atoms with E-state index in [9.17, 15) is 4.79 Å². The van der Waals surface area contributed by atoms with E-state index >= 15 is 4.39 Å². The minimum atomic E-state index is -0.721. The molecule has 148 valence electrons. The lowest BCUT2D eigenvalue weighted by Gasteiger charge is -2.13. The van der Waals surface area contributed by atoms with E-state index in [-0.39, 0.29) is 45.4 Å². The van der Waals surface area contributed by atoms with Crippen molar-refractivity contribution in [1.29, 1.82) is 5.26 Å². The van der Waals surface area contributed by atoms with Crippen LogP contribution in [0.3, 0.4) is 0 Å². The van der Waals surface area contributed by atoms with Crippen LogP contribution in [0.15, 0.2) is 54.4 Å². The summed E-state index contributed by atoms with van der Waals surface area (Å²) in [4.78, 5) is 23.2. The minimum absolute atomic E-state index is 0.0493. The first-order valence-corrected chi connectivity index (χ1v) is 9.09. The Balaban J connectivity index is 1.72. The van der Waals surface area contributed by atoms with E-state index < -0.39 is 5.82 Å².